The first-order valence-electron chi connectivity index (χ1n) is 11.6. The highest BCUT2D eigenvalue weighted by Crippen LogP contribution is 2.22. The quantitative estimate of drug-likeness (QED) is 0.220. The first-order valence-corrected chi connectivity index (χ1v) is 12.7. The van der Waals surface area contributed by atoms with E-state index in [1.165, 1.54) is 0 Å². The number of aliphatic hydroxyl groups excluding tert-OH is 3. The lowest BCUT2D eigenvalue weighted by atomic mass is 9.99. The summed E-state index contributed by atoms with van der Waals surface area (Å²) in [5.41, 5.74) is 2.14. The van der Waals surface area contributed by atoms with Crippen LogP contribution in [0.1, 0.15) is 24.8 Å². The molecular weight excluding hydrogens is 504 g/mol. The minimum atomic E-state index is -2.05. The minimum Gasteiger partial charge on any atom is -0.394 e. The molecular formula is C23H34Cl2FN3O6. The molecule has 0 spiro atoms. The van der Waals surface area contributed by atoms with Crippen LogP contribution in [0.15, 0.2) is 24.3 Å². The fraction of sp³-hybridized carbons (Fsp3) is 0.652. The van der Waals surface area contributed by atoms with E-state index in [1.807, 2.05) is 24.3 Å². The lowest BCUT2D eigenvalue weighted by molar-refractivity contribution is -0.219. The summed E-state index contributed by atoms with van der Waals surface area (Å²) >= 11 is 11.7. The average molecular weight is 538 g/mol. The molecule has 0 saturated carbocycles. The Morgan fingerprint density at radius 3 is 2.29 bits per heavy atom. The van der Waals surface area contributed by atoms with Crippen molar-refractivity contribution in [3.05, 3.63) is 29.8 Å². The third kappa shape index (κ3) is 9.36. The number of nitrogens with one attached hydrogen (secondary N) is 2. The summed E-state index contributed by atoms with van der Waals surface area (Å²) < 4.78 is 19.2. The van der Waals surface area contributed by atoms with E-state index in [2.05, 4.69) is 15.5 Å². The topological polar surface area (TPSA) is 131 Å². The average Bonchev–Trinajstić information content (AvgIpc) is 2.84. The number of halogens is 3. The highest BCUT2D eigenvalue weighted by atomic mass is 35.5. The number of anilines is 1. The van der Waals surface area contributed by atoms with Crippen molar-refractivity contribution < 1.29 is 34.0 Å². The number of aliphatic hydroxyl groups is 3. The normalized spacial score (nSPS) is 24.1. The van der Waals surface area contributed by atoms with Gasteiger partial charge >= 0.3 is 0 Å². The number of aryl methyl sites for hydroxylation is 1. The van der Waals surface area contributed by atoms with Crippen LogP contribution in [0.4, 0.5) is 10.1 Å². The molecule has 1 aliphatic rings. The molecule has 2 rings (SSSR count). The molecule has 0 unspecified atom stereocenters. The predicted octanol–water partition coefficient (Wildman–Crippen LogP) is 0.693. The van der Waals surface area contributed by atoms with Crippen LogP contribution >= 0.6 is 23.2 Å². The van der Waals surface area contributed by atoms with Crippen molar-refractivity contribution in [2.24, 2.45) is 0 Å². The highest BCUT2D eigenvalue weighted by Gasteiger charge is 2.45. The van der Waals surface area contributed by atoms with Gasteiger partial charge in [0.15, 0.2) is 12.4 Å². The van der Waals surface area contributed by atoms with Crippen LogP contribution < -0.4 is 15.5 Å². The van der Waals surface area contributed by atoms with Crippen LogP contribution in [0.2, 0.25) is 0 Å². The maximum absolute atomic E-state index is 14.1. The third-order valence-corrected chi connectivity index (χ3v) is 6.04. The molecule has 5 atom stereocenters. The Morgan fingerprint density at radius 2 is 1.69 bits per heavy atom. The zero-order chi connectivity index (χ0) is 25.8. The Labute approximate surface area is 214 Å². The van der Waals surface area contributed by atoms with E-state index in [9.17, 15) is 24.2 Å². The molecule has 5 N–H and O–H groups in total. The Kier molecular flexibility index (Phi) is 13.0. The van der Waals surface area contributed by atoms with Gasteiger partial charge in [-0.3, -0.25) is 9.59 Å². The fourth-order valence-electron chi connectivity index (χ4n) is 3.73. The molecule has 0 aromatic heterocycles. The first-order chi connectivity index (χ1) is 16.8. The second kappa shape index (κ2) is 15.4. The van der Waals surface area contributed by atoms with E-state index in [0.717, 1.165) is 17.7 Å². The Morgan fingerprint density at radius 1 is 1.03 bits per heavy atom. The second-order valence-corrected chi connectivity index (χ2v) is 9.01. The van der Waals surface area contributed by atoms with Crippen LogP contribution in [0, 0.1) is 0 Å². The molecule has 0 bridgehead atoms. The number of hydrogen-bond donors (Lipinski definition) is 5. The van der Waals surface area contributed by atoms with E-state index in [-0.39, 0.29) is 25.3 Å². The summed E-state index contributed by atoms with van der Waals surface area (Å²) in [7, 11) is 0. The first kappa shape index (κ1) is 29.5. The highest BCUT2D eigenvalue weighted by molar-refractivity contribution is 6.18. The lowest BCUT2D eigenvalue weighted by Gasteiger charge is -2.38. The predicted molar refractivity (Wildman–Crippen MR) is 131 cm³/mol. The van der Waals surface area contributed by atoms with Crippen LogP contribution in [-0.4, -0.2) is 95.8 Å². The van der Waals surface area contributed by atoms with Crippen molar-refractivity contribution in [3.63, 3.8) is 0 Å². The van der Waals surface area contributed by atoms with Crippen molar-refractivity contribution in [3.8, 4) is 0 Å². The van der Waals surface area contributed by atoms with Gasteiger partial charge in [0.1, 0.15) is 18.3 Å². The number of rotatable bonds is 14. The van der Waals surface area contributed by atoms with Crippen molar-refractivity contribution in [1.29, 1.82) is 0 Å². The van der Waals surface area contributed by atoms with Crippen LogP contribution in [0.5, 0.6) is 0 Å². The van der Waals surface area contributed by atoms with Gasteiger partial charge in [-0.1, -0.05) is 12.1 Å². The van der Waals surface area contributed by atoms with Gasteiger partial charge in [0.25, 0.3) is 0 Å². The third-order valence-electron chi connectivity index (χ3n) is 5.70. The number of hydrogen-bond acceptors (Lipinski definition) is 7. The van der Waals surface area contributed by atoms with E-state index in [1.54, 1.807) is 0 Å². The molecule has 9 nitrogen and oxygen atoms in total. The maximum atomic E-state index is 14.1. The van der Waals surface area contributed by atoms with Gasteiger partial charge < -0.3 is 35.6 Å². The summed E-state index contributed by atoms with van der Waals surface area (Å²) in [5, 5.41) is 33.4. The molecule has 1 heterocycles. The van der Waals surface area contributed by atoms with E-state index >= 15 is 0 Å². The van der Waals surface area contributed by atoms with Gasteiger partial charge in [0.2, 0.25) is 11.8 Å². The summed E-state index contributed by atoms with van der Waals surface area (Å²) in [6, 6.07) is 8.03. The molecule has 1 aromatic rings. The molecule has 0 radical (unpaired) electrons. The molecule has 1 fully saturated rings. The van der Waals surface area contributed by atoms with Gasteiger partial charge in [0, 0.05) is 49.9 Å². The number of benzene rings is 1. The van der Waals surface area contributed by atoms with Gasteiger partial charge in [-0.2, -0.15) is 0 Å². The molecule has 2 amide bonds. The Hall–Kier alpha value is -1.69. The van der Waals surface area contributed by atoms with Crippen LogP contribution in [-0.2, 0) is 20.7 Å². The fourth-order valence-corrected chi connectivity index (χ4v) is 4.14. The van der Waals surface area contributed by atoms with Crippen LogP contribution in [0.3, 0.4) is 0 Å². The van der Waals surface area contributed by atoms with Gasteiger partial charge in [-0.05, 0) is 30.5 Å². The van der Waals surface area contributed by atoms with E-state index in [4.69, 9.17) is 33.0 Å². The lowest BCUT2D eigenvalue weighted by Crippen LogP contribution is -2.61. The molecule has 1 saturated heterocycles. The number of alkyl halides is 3. The molecule has 1 aliphatic heterocycles. The largest absolute Gasteiger partial charge is 0.394 e. The smallest absolute Gasteiger partial charge is 0.223 e. The summed E-state index contributed by atoms with van der Waals surface area (Å²) in [4.78, 5) is 26.2. The Balaban J connectivity index is 1.66. The molecule has 1 aromatic carbocycles. The zero-order valence-corrected chi connectivity index (χ0v) is 20.9. The summed E-state index contributed by atoms with van der Waals surface area (Å²) in [6.07, 6.45) is -6.64. The van der Waals surface area contributed by atoms with E-state index < -0.39 is 43.2 Å². The number of amides is 2. The van der Waals surface area contributed by atoms with Crippen molar-refractivity contribution in [2.75, 3.05) is 42.9 Å². The molecule has 0 aliphatic carbocycles. The summed E-state index contributed by atoms with van der Waals surface area (Å²) in [5.74, 6) is 0.214. The van der Waals surface area contributed by atoms with Crippen molar-refractivity contribution in [1.82, 2.24) is 10.6 Å². The van der Waals surface area contributed by atoms with E-state index in [0.29, 0.717) is 31.3 Å². The molecule has 198 valence electrons. The zero-order valence-electron chi connectivity index (χ0n) is 19.4. The molecule has 12 heteroatoms. The van der Waals surface area contributed by atoms with Crippen LogP contribution in [0.25, 0.3) is 0 Å². The number of carbonyl (C=O) groups is 2. The standard InChI is InChI=1S/C23H34Cl2FN3O6/c24-9-12-29(13-10-25)16-6-4-15(5-7-16)2-1-3-18(31)27-11-8-19(32)28-23-20(26)22(34)21(33)17(14-30)35-23/h4-7,17,20-23,30,33-34H,1-3,8-14H2,(H,27,31)(H,28,32)/t17-,20+,21-,22-,23-/m1/s1. The summed E-state index contributed by atoms with van der Waals surface area (Å²) in [6.45, 7) is 0.830. The monoisotopic (exact) mass is 537 g/mol. The minimum absolute atomic E-state index is 0.0502. The van der Waals surface area contributed by atoms with Gasteiger partial charge in [-0.25, -0.2) is 4.39 Å². The van der Waals surface area contributed by atoms with Gasteiger partial charge in [0.05, 0.1) is 6.61 Å². The number of carbonyl (C=O) groups excluding carboxylic acids is 2. The Bertz CT molecular complexity index is 783. The SMILES string of the molecule is O=C(CCCc1ccc(N(CCCl)CCCl)cc1)NCCC(=O)N[C@@H]1O[C@H](CO)[C@@H](O)[C@H](O)[C@@H]1F. The van der Waals surface area contributed by atoms with Gasteiger partial charge in [-0.15, -0.1) is 23.2 Å². The molecule has 35 heavy (non-hydrogen) atoms. The number of ether oxygens (including phenoxy) is 1. The maximum Gasteiger partial charge on any atom is 0.223 e. The van der Waals surface area contributed by atoms with Crippen molar-refractivity contribution in [2.45, 2.75) is 56.4 Å². The second-order valence-electron chi connectivity index (χ2n) is 8.26. The number of nitrogens with zero attached hydrogens (tertiary/aromatic N) is 1. The van der Waals surface area contributed by atoms with Crippen molar-refractivity contribution >= 4 is 40.7 Å².